The summed E-state index contributed by atoms with van der Waals surface area (Å²) in [5.41, 5.74) is 0.404. The predicted molar refractivity (Wildman–Crippen MR) is 68.6 cm³/mol. The van der Waals surface area contributed by atoms with Crippen LogP contribution >= 0.6 is 11.6 Å². The molecule has 0 aliphatic heterocycles. The summed E-state index contributed by atoms with van der Waals surface area (Å²) in [6.07, 6.45) is 0. The van der Waals surface area contributed by atoms with E-state index in [0.717, 1.165) is 0 Å². The van der Waals surface area contributed by atoms with Crippen molar-refractivity contribution in [1.29, 1.82) is 0 Å². The number of ether oxygens (including phenoxy) is 1. The number of hydrogen-bond acceptors (Lipinski definition) is 3. The van der Waals surface area contributed by atoms with Gasteiger partial charge in [-0.05, 0) is 36.4 Å². The molecule has 0 amide bonds. The fourth-order valence-corrected chi connectivity index (χ4v) is 1.71. The normalized spacial score (nSPS) is 10.2. The standard InChI is InChI=1S/C14H10ClFO3/c15-12-2-1-3-13(16)11(12)8-19-14(18)9-4-6-10(17)7-5-9/h1-7,17H,8H2. The van der Waals surface area contributed by atoms with Crippen LogP contribution in [0.5, 0.6) is 5.75 Å². The molecule has 0 saturated carbocycles. The van der Waals surface area contributed by atoms with E-state index < -0.39 is 11.8 Å². The second kappa shape index (κ2) is 5.71. The molecule has 0 unspecified atom stereocenters. The Morgan fingerprint density at radius 1 is 1.21 bits per heavy atom. The van der Waals surface area contributed by atoms with E-state index in [9.17, 15) is 9.18 Å². The number of halogens is 2. The van der Waals surface area contributed by atoms with Gasteiger partial charge in [0.2, 0.25) is 0 Å². The summed E-state index contributed by atoms with van der Waals surface area (Å²) in [5.74, 6) is -1.08. The average Bonchev–Trinajstić information content (AvgIpc) is 2.38. The zero-order chi connectivity index (χ0) is 13.8. The van der Waals surface area contributed by atoms with Crippen LogP contribution in [0.1, 0.15) is 15.9 Å². The Kier molecular flexibility index (Phi) is 4.02. The summed E-state index contributed by atoms with van der Waals surface area (Å²) in [7, 11) is 0. The zero-order valence-corrected chi connectivity index (χ0v) is 10.5. The first-order chi connectivity index (χ1) is 9.08. The Balaban J connectivity index is 2.06. The Morgan fingerprint density at radius 2 is 1.89 bits per heavy atom. The van der Waals surface area contributed by atoms with Crippen LogP contribution in [0.25, 0.3) is 0 Å². The minimum Gasteiger partial charge on any atom is -0.508 e. The van der Waals surface area contributed by atoms with E-state index in [4.69, 9.17) is 21.4 Å². The maximum Gasteiger partial charge on any atom is 0.338 e. The molecule has 5 heteroatoms. The van der Waals surface area contributed by atoms with Gasteiger partial charge in [-0.2, -0.15) is 0 Å². The molecule has 2 aromatic rings. The number of aromatic hydroxyl groups is 1. The molecular formula is C14H10ClFO3. The second-order valence-electron chi connectivity index (χ2n) is 3.82. The maximum atomic E-state index is 13.4. The lowest BCUT2D eigenvalue weighted by Gasteiger charge is -2.07. The van der Waals surface area contributed by atoms with Gasteiger partial charge in [-0.3, -0.25) is 0 Å². The predicted octanol–water partition coefficient (Wildman–Crippen LogP) is 3.54. The van der Waals surface area contributed by atoms with Gasteiger partial charge < -0.3 is 9.84 Å². The molecule has 0 aromatic heterocycles. The molecule has 0 aliphatic carbocycles. The van der Waals surface area contributed by atoms with Crippen LogP contribution in [0.4, 0.5) is 4.39 Å². The van der Waals surface area contributed by atoms with Crippen molar-refractivity contribution in [3.05, 3.63) is 64.4 Å². The summed E-state index contributed by atoms with van der Waals surface area (Å²) in [4.78, 5) is 11.7. The average molecular weight is 281 g/mol. The van der Waals surface area contributed by atoms with Crippen LogP contribution < -0.4 is 0 Å². The van der Waals surface area contributed by atoms with Gasteiger partial charge in [0.25, 0.3) is 0 Å². The molecule has 0 bridgehead atoms. The highest BCUT2D eigenvalue weighted by atomic mass is 35.5. The summed E-state index contributed by atoms with van der Waals surface area (Å²) in [6.45, 7) is -0.245. The summed E-state index contributed by atoms with van der Waals surface area (Å²) in [5, 5.41) is 9.31. The molecule has 0 radical (unpaired) electrons. The van der Waals surface area contributed by atoms with E-state index in [0.29, 0.717) is 0 Å². The molecule has 0 spiro atoms. The van der Waals surface area contributed by atoms with Crippen molar-refractivity contribution in [1.82, 2.24) is 0 Å². The van der Waals surface area contributed by atoms with Crippen molar-refractivity contribution in [2.45, 2.75) is 6.61 Å². The van der Waals surface area contributed by atoms with Crippen LogP contribution in [-0.4, -0.2) is 11.1 Å². The van der Waals surface area contributed by atoms with E-state index >= 15 is 0 Å². The lowest BCUT2D eigenvalue weighted by atomic mass is 10.2. The Hall–Kier alpha value is -2.07. The second-order valence-corrected chi connectivity index (χ2v) is 4.23. The molecule has 0 saturated heterocycles. The fourth-order valence-electron chi connectivity index (χ4n) is 1.49. The third-order valence-electron chi connectivity index (χ3n) is 2.51. The van der Waals surface area contributed by atoms with Crippen LogP contribution in [0.2, 0.25) is 5.02 Å². The van der Waals surface area contributed by atoms with Crippen molar-refractivity contribution < 1.29 is 19.0 Å². The first-order valence-electron chi connectivity index (χ1n) is 5.47. The fraction of sp³-hybridized carbons (Fsp3) is 0.0714. The van der Waals surface area contributed by atoms with E-state index in [-0.39, 0.29) is 28.5 Å². The minimum absolute atomic E-state index is 0.0497. The Morgan fingerprint density at radius 3 is 2.53 bits per heavy atom. The summed E-state index contributed by atoms with van der Waals surface area (Å²) < 4.78 is 18.4. The first kappa shape index (κ1) is 13.4. The van der Waals surface area contributed by atoms with E-state index in [1.807, 2.05) is 0 Å². The molecule has 98 valence electrons. The Bertz CT molecular complexity index is 576. The topological polar surface area (TPSA) is 46.5 Å². The Labute approximate surface area is 114 Å². The number of carbonyl (C=O) groups excluding carboxylic acids is 1. The van der Waals surface area contributed by atoms with Crippen molar-refractivity contribution >= 4 is 17.6 Å². The highest BCUT2D eigenvalue weighted by Crippen LogP contribution is 2.20. The van der Waals surface area contributed by atoms with Gasteiger partial charge in [0, 0.05) is 5.56 Å². The third-order valence-corrected chi connectivity index (χ3v) is 2.87. The van der Waals surface area contributed by atoms with Gasteiger partial charge in [0.15, 0.2) is 0 Å². The van der Waals surface area contributed by atoms with Gasteiger partial charge in [0.1, 0.15) is 18.2 Å². The molecule has 0 atom stereocenters. The lowest BCUT2D eigenvalue weighted by Crippen LogP contribution is -2.06. The molecule has 0 fully saturated rings. The van der Waals surface area contributed by atoms with Gasteiger partial charge in [0.05, 0.1) is 10.6 Å². The molecule has 3 nitrogen and oxygen atoms in total. The van der Waals surface area contributed by atoms with Gasteiger partial charge in [-0.1, -0.05) is 17.7 Å². The molecule has 0 heterocycles. The van der Waals surface area contributed by atoms with Crippen molar-refractivity contribution in [2.75, 3.05) is 0 Å². The number of phenolic OH excluding ortho intramolecular Hbond substituents is 1. The molecule has 2 aromatic carbocycles. The number of rotatable bonds is 3. The highest BCUT2D eigenvalue weighted by Gasteiger charge is 2.11. The maximum absolute atomic E-state index is 13.4. The first-order valence-corrected chi connectivity index (χ1v) is 5.85. The third kappa shape index (κ3) is 3.23. The van der Waals surface area contributed by atoms with Crippen LogP contribution in [0.15, 0.2) is 42.5 Å². The van der Waals surface area contributed by atoms with E-state index in [1.54, 1.807) is 0 Å². The molecule has 19 heavy (non-hydrogen) atoms. The number of carbonyl (C=O) groups is 1. The smallest absolute Gasteiger partial charge is 0.338 e. The van der Waals surface area contributed by atoms with Gasteiger partial charge in [-0.15, -0.1) is 0 Å². The van der Waals surface area contributed by atoms with Gasteiger partial charge >= 0.3 is 5.97 Å². The summed E-state index contributed by atoms with van der Waals surface area (Å²) in [6, 6.07) is 9.81. The van der Waals surface area contributed by atoms with Crippen LogP contribution in [-0.2, 0) is 11.3 Å². The van der Waals surface area contributed by atoms with E-state index in [1.165, 1.54) is 42.5 Å². The molecule has 0 aliphatic rings. The minimum atomic E-state index is -0.612. The monoisotopic (exact) mass is 280 g/mol. The van der Waals surface area contributed by atoms with E-state index in [2.05, 4.69) is 0 Å². The molecule has 2 rings (SSSR count). The SMILES string of the molecule is O=C(OCc1c(F)cccc1Cl)c1ccc(O)cc1. The number of phenols is 1. The van der Waals surface area contributed by atoms with Crippen LogP contribution in [0, 0.1) is 5.82 Å². The summed E-state index contributed by atoms with van der Waals surface area (Å²) >= 11 is 5.82. The number of esters is 1. The van der Waals surface area contributed by atoms with Crippen molar-refractivity contribution in [3.8, 4) is 5.75 Å². The van der Waals surface area contributed by atoms with Gasteiger partial charge in [-0.25, -0.2) is 9.18 Å². The number of hydrogen-bond donors (Lipinski definition) is 1. The largest absolute Gasteiger partial charge is 0.508 e. The van der Waals surface area contributed by atoms with Crippen molar-refractivity contribution in [3.63, 3.8) is 0 Å². The quantitative estimate of drug-likeness (QED) is 0.875. The molecule has 1 N–H and O–H groups in total. The highest BCUT2D eigenvalue weighted by molar-refractivity contribution is 6.31. The zero-order valence-electron chi connectivity index (χ0n) is 9.77. The van der Waals surface area contributed by atoms with Crippen LogP contribution in [0.3, 0.4) is 0 Å². The van der Waals surface area contributed by atoms with Crippen molar-refractivity contribution in [2.24, 2.45) is 0 Å². The molecular weight excluding hydrogens is 271 g/mol. The lowest BCUT2D eigenvalue weighted by molar-refractivity contribution is 0.0469. The number of benzene rings is 2.